The summed E-state index contributed by atoms with van der Waals surface area (Å²) in [5.41, 5.74) is 2.25. The van der Waals surface area contributed by atoms with Crippen LogP contribution < -0.4 is 10.6 Å². The zero-order chi connectivity index (χ0) is 20.3. The monoisotopic (exact) mass is 380 g/mol. The molecule has 7 nitrogen and oxygen atoms in total. The van der Waals surface area contributed by atoms with Crippen molar-refractivity contribution in [2.24, 2.45) is 0 Å². The Morgan fingerprint density at radius 1 is 1.07 bits per heavy atom. The molecule has 0 bridgehead atoms. The van der Waals surface area contributed by atoms with Crippen molar-refractivity contribution in [1.82, 2.24) is 15.3 Å². The zero-order valence-electron chi connectivity index (χ0n) is 16.4. The number of nitrogens with one attached hydrogen (secondary N) is 3. The topological polar surface area (TPSA) is 96.1 Å². The Kier molecular flexibility index (Phi) is 5.35. The van der Waals surface area contributed by atoms with Crippen LogP contribution in [0.25, 0.3) is 11.0 Å². The van der Waals surface area contributed by atoms with Crippen molar-refractivity contribution in [3.05, 3.63) is 59.9 Å². The van der Waals surface area contributed by atoms with Gasteiger partial charge >= 0.3 is 6.09 Å². The molecule has 1 aromatic heterocycles. The van der Waals surface area contributed by atoms with Gasteiger partial charge in [0.15, 0.2) is 0 Å². The van der Waals surface area contributed by atoms with Crippen LogP contribution in [0.15, 0.2) is 48.5 Å². The molecule has 3 rings (SSSR count). The van der Waals surface area contributed by atoms with Gasteiger partial charge in [-0.3, -0.25) is 10.1 Å². The maximum atomic E-state index is 12.5. The molecule has 146 valence electrons. The van der Waals surface area contributed by atoms with Gasteiger partial charge in [-0.2, -0.15) is 0 Å². The van der Waals surface area contributed by atoms with E-state index in [1.54, 1.807) is 45.0 Å². The summed E-state index contributed by atoms with van der Waals surface area (Å²) >= 11 is 0. The highest BCUT2D eigenvalue weighted by Gasteiger charge is 2.17. The van der Waals surface area contributed by atoms with Crippen LogP contribution in [0.3, 0.4) is 0 Å². The van der Waals surface area contributed by atoms with Gasteiger partial charge in [-0.25, -0.2) is 9.78 Å². The normalized spacial score (nSPS) is 12.4. The number of hydrogen-bond acceptors (Lipinski definition) is 4. The van der Waals surface area contributed by atoms with E-state index in [-0.39, 0.29) is 11.9 Å². The van der Waals surface area contributed by atoms with Gasteiger partial charge in [0, 0.05) is 11.3 Å². The lowest BCUT2D eigenvalue weighted by atomic mass is 10.2. The zero-order valence-corrected chi connectivity index (χ0v) is 16.4. The van der Waals surface area contributed by atoms with Crippen LogP contribution in [0, 0.1) is 0 Å². The lowest BCUT2D eigenvalue weighted by molar-refractivity contribution is 0.0635. The minimum atomic E-state index is -0.573. The van der Waals surface area contributed by atoms with Crippen LogP contribution in [0.5, 0.6) is 0 Å². The lowest BCUT2D eigenvalue weighted by Crippen LogP contribution is -2.28. The SMILES string of the molecule is CC(NC(=O)c1ccc(NC(=O)OC(C)(C)C)cc1)c1nc2ccccc2[nH]1. The first kappa shape index (κ1) is 19.4. The molecule has 0 saturated carbocycles. The number of carbonyl (C=O) groups is 2. The van der Waals surface area contributed by atoms with Gasteiger partial charge in [0.2, 0.25) is 0 Å². The highest BCUT2D eigenvalue weighted by atomic mass is 16.6. The summed E-state index contributed by atoms with van der Waals surface area (Å²) in [6.07, 6.45) is -0.539. The Morgan fingerprint density at radius 3 is 2.39 bits per heavy atom. The van der Waals surface area contributed by atoms with Crippen molar-refractivity contribution < 1.29 is 14.3 Å². The molecule has 2 amide bonds. The second-order valence-corrected chi connectivity index (χ2v) is 7.54. The Morgan fingerprint density at radius 2 is 1.75 bits per heavy atom. The van der Waals surface area contributed by atoms with Crippen molar-refractivity contribution >= 4 is 28.7 Å². The van der Waals surface area contributed by atoms with Crippen LogP contribution >= 0.6 is 0 Å². The number of nitrogens with zero attached hydrogens (tertiary/aromatic N) is 1. The predicted molar refractivity (Wildman–Crippen MR) is 108 cm³/mol. The molecule has 0 fully saturated rings. The van der Waals surface area contributed by atoms with Crippen molar-refractivity contribution in [2.75, 3.05) is 5.32 Å². The molecule has 0 radical (unpaired) electrons. The third kappa shape index (κ3) is 4.88. The molecular formula is C21H24N4O3. The number of fused-ring (bicyclic) bond motifs is 1. The summed E-state index contributed by atoms with van der Waals surface area (Å²) in [6.45, 7) is 7.25. The highest BCUT2D eigenvalue weighted by molar-refractivity contribution is 5.95. The average Bonchev–Trinajstić information content (AvgIpc) is 3.05. The molecule has 3 aromatic rings. The molecule has 7 heteroatoms. The van der Waals surface area contributed by atoms with E-state index >= 15 is 0 Å². The van der Waals surface area contributed by atoms with E-state index < -0.39 is 11.7 Å². The fourth-order valence-electron chi connectivity index (χ4n) is 2.65. The second-order valence-electron chi connectivity index (χ2n) is 7.54. The molecule has 1 heterocycles. The lowest BCUT2D eigenvalue weighted by Gasteiger charge is -2.19. The first-order chi connectivity index (χ1) is 13.2. The van der Waals surface area contributed by atoms with Crippen LogP contribution in [0.2, 0.25) is 0 Å². The Balaban J connectivity index is 1.61. The summed E-state index contributed by atoms with van der Waals surface area (Å²) in [7, 11) is 0. The number of amides is 2. The van der Waals surface area contributed by atoms with Gasteiger partial charge in [-0.15, -0.1) is 0 Å². The number of para-hydroxylation sites is 2. The molecule has 28 heavy (non-hydrogen) atoms. The number of anilines is 1. The maximum absolute atomic E-state index is 12.5. The minimum absolute atomic E-state index is 0.225. The number of aromatic nitrogens is 2. The molecule has 0 aliphatic rings. The van der Waals surface area contributed by atoms with Gasteiger partial charge in [0.1, 0.15) is 11.4 Å². The van der Waals surface area contributed by atoms with E-state index in [0.29, 0.717) is 17.1 Å². The highest BCUT2D eigenvalue weighted by Crippen LogP contribution is 2.17. The standard InChI is InChI=1S/C21H24N4O3/c1-13(18-24-16-7-5-6-8-17(16)25-18)22-19(26)14-9-11-15(12-10-14)23-20(27)28-21(2,3)4/h5-13H,1-4H3,(H,22,26)(H,23,27)(H,24,25). The minimum Gasteiger partial charge on any atom is -0.444 e. The number of hydrogen-bond donors (Lipinski definition) is 3. The van der Waals surface area contributed by atoms with Crippen molar-refractivity contribution in [3.63, 3.8) is 0 Å². The molecule has 0 aliphatic heterocycles. The molecule has 0 saturated heterocycles. The molecule has 0 spiro atoms. The smallest absolute Gasteiger partial charge is 0.412 e. The third-order valence-corrected chi connectivity index (χ3v) is 3.96. The number of aromatic amines is 1. The van der Waals surface area contributed by atoms with Crippen LogP contribution in [0.4, 0.5) is 10.5 Å². The molecule has 2 aromatic carbocycles. The molecular weight excluding hydrogens is 356 g/mol. The number of carbonyl (C=O) groups excluding carboxylic acids is 2. The van der Waals surface area contributed by atoms with Crippen molar-refractivity contribution in [1.29, 1.82) is 0 Å². The second kappa shape index (κ2) is 7.72. The van der Waals surface area contributed by atoms with E-state index in [9.17, 15) is 9.59 Å². The van der Waals surface area contributed by atoms with Gasteiger partial charge in [-0.05, 0) is 64.1 Å². The number of benzene rings is 2. The first-order valence-corrected chi connectivity index (χ1v) is 9.07. The molecule has 1 atom stereocenters. The molecule has 0 aliphatic carbocycles. The summed E-state index contributed by atoms with van der Waals surface area (Å²) in [6, 6.07) is 14.0. The number of rotatable bonds is 4. The van der Waals surface area contributed by atoms with Gasteiger partial charge in [0.25, 0.3) is 5.91 Å². The van der Waals surface area contributed by atoms with E-state index in [2.05, 4.69) is 20.6 Å². The molecule has 1 unspecified atom stereocenters. The Bertz CT molecular complexity index is 954. The number of ether oxygens (including phenoxy) is 1. The number of imidazole rings is 1. The fraction of sp³-hybridized carbons (Fsp3) is 0.286. The number of H-pyrrole nitrogens is 1. The summed E-state index contributed by atoms with van der Waals surface area (Å²) in [4.78, 5) is 32.0. The van der Waals surface area contributed by atoms with Crippen LogP contribution in [-0.2, 0) is 4.74 Å². The fourth-order valence-corrected chi connectivity index (χ4v) is 2.65. The predicted octanol–water partition coefficient (Wildman–Crippen LogP) is 4.40. The summed E-state index contributed by atoms with van der Waals surface area (Å²) in [5.74, 6) is 0.467. The average molecular weight is 380 g/mol. The maximum Gasteiger partial charge on any atom is 0.412 e. The largest absolute Gasteiger partial charge is 0.444 e. The van der Waals surface area contributed by atoms with Crippen LogP contribution in [-0.4, -0.2) is 27.6 Å². The Hall–Kier alpha value is -3.35. The quantitative estimate of drug-likeness (QED) is 0.625. The van der Waals surface area contributed by atoms with Gasteiger partial charge in [-0.1, -0.05) is 12.1 Å². The van der Waals surface area contributed by atoms with E-state index in [0.717, 1.165) is 11.0 Å². The van der Waals surface area contributed by atoms with Gasteiger partial charge < -0.3 is 15.0 Å². The summed E-state index contributed by atoms with van der Waals surface area (Å²) in [5, 5.41) is 5.56. The first-order valence-electron chi connectivity index (χ1n) is 9.07. The Labute approximate surface area is 163 Å². The summed E-state index contributed by atoms with van der Waals surface area (Å²) < 4.78 is 5.21. The van der Waals surface area contributed by atoms with Crippen molar-refractivity contribution in [2.45, 2.75) is 39.3 Å². The van der Waals surface area contributed by atoms with Crippen LogP contribution in [0.1, 0.15) is 49.9 Å². The van der Waals surface area contributed by atoms with E-state index in [4.69, 9.17) is 4.74 Å². The van der Waals surface area contributed by atoms with Gasteiger partial charge in [0.05, 0.1) is 17.1 Å². The van der Waals surface area contributed by atoms with Crippen molar-refractivity contribution in [3.8, 4) is 0 Å². The third-order valence-electron chi connectivity index (χ3n) is 3.96. The molecule has 3 N–H and O–H groups in total. The van der Waals surface area contributed by atoms with E-state index in [1.807, 2.05) is 31.2 Å². The van der Waals surface area contributed by atoms with E-state index in [1.165, 1.54) is 0 Å².